The highest BCUT2D eigenvalue weighted by Crippen LogP contribution is 2.29. The number of hydrogen-bond donors (Lipinski definition) is 0. The van der Waals surface area contributed by atoms with E-state index in [0.717, 1.165) is 16.7 Å². The lowest BCUT2D eigenvalue weighted by Crippen LogP contribution is -2.44. The smallest absolute Gasteiger partial charge is 0.260 e. The first-order valence-corrected chi connectivity index (χ1v) is 10.7. The van der Waals surface area contributed by atoms with Crippen molar-refractivity contribution in [2.24, 2.45) is 0 Å². The predicted molar refractivity (Wildman–Crippen MR) is 118 cm³/mol. The Morgan fingerprint density at radius 2 is 2.00 bits per heavy atom. The molecule has 1 aromatic heterocycles. The van der Waals surface area contributed by atoms with Crippen molar-refractivity contribution in [2.75, 3.05) is 32.9 Å². The fraction of sp³-hybridized carbons (Fsp3) is 0.375. The van der Waals surface area contributed by atoms with E-state index in [1.54, 1.807) is 4.90 Å². The first-order chi connectivity index (χ1) is 15.5. The van der Waals surface area contributed by atoms with Crippen LogP contribution in [0, 0.1) is 13.8 Å². The van der Waals surface area contributed by atoms with Gasteiger partial charge in [0.1, 0.15) is 0 Å². The third-order valence-corrected chi connectivity index (χ3v) is 5.27. The second kappa shape index (κ2) is 9.82. The Bertz CT molecular complexity index is 1080. The average molecular weight is 437 g/mol. The third kappa shape index (κ3) is 4.91. The van der Waals surface area contributed by atoms with Crippen LogP contribution in [0.25, 0.3) is 11.4 Å². The van der Waals surface area contributed by atoms with E-state index in [1.807, 2.05) is 63.2 Å². The molecule has 1 aliphatic heterocycles. The van der Waals surface area contributed by atoms with Crippen LogP contribution >= 0.6 is 0 Å². The highest BCUT2D eigenvalue weighted by Gasteiger charge is 2.30. The van der Waals surface area contributed by atoms with Crippen LogP contribution in [0.1, 0.15) is 30.0 Å². The van der Waals surface area contributed by atoms with E-state index in [-0.39, 0.29) is 12.5 Å². The van der Waals surface area contributed by atoms with E-state index in [1.165, 1.54) is 0 Å². The van der Waals surface area contributed by atoms with Gasteiger partial charge in [-0.25, -0.2) is 0 Å². The zero-order chi connectivity index (χ0) is 22.5. The zero-order valence-electron chi connectivity index (χ0n) is 18.5. The summed E-state index contributed by atoms with van der Waals surface area (Å²) in [6.45, 7) is 7.50. The predicted octanol–water partition coefficient (Wildman–Crippen LogP) is 3.73. The van der Waals surface area contributed by atoms with Crippen molar-refractivity contribution in [3.63, 3.8) is 0 Å². The maximum absolute atomic E-state index is 12.8. The molecule has 0 aliphatic carbocycles. The maximum atomic E-state index is 12.8. The van der Waals surface area contributed by atoms with Gasteiger partial charge in [-0.3, -0.25) is 4.79 Å². The number of carbonyl (C=O) groups is 1. The van der Waals surface area contributed by atoms with Crippen LogP contribution in [0.3, 0.4) is 0 Å². The number of benzene rings is 2. The molecule has 1 amide bonds. The number of nitrogens with zero attached hydrogens (tertiary/aromatic N) is 3. The molecule has 1 atom stereocenters. The third-order valence-electron chi connectivity index (χ3n) is 5.27. The van der Waals surface area contributed by atoms with E-state index < -0.39 is 6.10 Å². The molecule has 0 saturated carbocycles. The van der Waals surface area contributed by atoms with Crippen molar-refractivity contribution < 1.29 is 23.5 Å². The molecule has 0 radical (unpaired) electrons. The molecule has 168 valence electrons. The molecule has 8 heteroatoms. The SMILES string of the molecule is CCOc1cc(C)ccc1OCC(=O)N1CCOC(c2nc(-c3ccccc3C)no2)C1. The van der Waals surface area contributed by atoms with Gasteiger partial charge in [-0.05, 0) is 44.0 Å². The van der Waals surface area contributed by atoms with Gasteiger partial charge in [0, 0.05) is 12.1 Å². The number of amides is 1. The van der Waals surface area contributed by atoms with Crippen LogP contribution in [0.5, 0.6) is 11.5 Å². The Morgan fingerprint density at radius 1 is 1.16 bits per heavy atom. The fourth-order valence-electron chi connectivity index (χ4n) is 3.56. The van der Waals surface area contributed by atoms with Gasteiger partial charge in [-0.15, -0.1) is 0 Å². The van der Waals surface area contributed by atoms with E-state index in [9.17, 15) is 4.79 Å². The molecule has 1 unspecified atom stereocenters. The van der Waals surface area contributed by atoms with Crippen LogP contribution in [-0.2, 0) is 9.53 Å². The summed E-state index contributed by atoms with van der Waals surface area (Å²) in [6.07, 6.45) is -0.476. The number of carbonyl (C=O) groups excluding carboxylic acids is 1. The summed E-state index contributed by atoms with van der Waals surface area (Å²) in [4.78, 5) is 19.0. The molecule has 2 aromatic carbocycles. The minimum absolute atomic E-state index is 0.0891. The highest BCUT2D eigenvalue weighted by atomic mass is 16.5. The van der Waals surface area contributed by atoms with Gasteiger partial charge in [0.2, 0.25) is 5.82 Å². The molecule has 32 heavy (non-hydrogen) atoms. The van der Waals surface area contributed by atoms with Crippen LogP contribution < -0.4 is 9.47 Å². The van der Waals surface area contributed by atoms with E-state index in [0.29, 0.717) is 49.5 Å². The Hall–Kier alpha value is -3.39. The topological polar surface area (TPSA) is 86.9 Å². The Labute approximate surface area is 187 Å². The van der Waals surface area contributed by atoms with Crippen molar-refractivity contribution in [1.29, 1.82) is 0 Å². The zero-order valence-corrected chi connectivity index (χ0v) is 18.5. The summed E-state index contributed by atoms with van der Waals surface area (Å²) in [7, 11) is 0. The van der Waals surface area contributed by atoms with Crippen molar-refractivity contribution in [1.82, 2.24) is 15.0 Å². The van der Waals surface area contributed by atoms with Gasteiger partial charge in [0.25, 0.3) is 11.8 Å². The Morgan fingerprint density at radius 3 is 2.81 bits per heavy atom. The molecule has 3 aromatic rings. The minimum atomic E-state index is -0.476. The number of aromatic nitrogens is 2. The molecule has 1 aliphatic rings. The number of hydrogen-bond acceptors (Lipinski definition) is 7. The number of ether oxygens (including phenoxy) is 3. The largest absolute Gasteiger partial charge is 0.490 e. The van der Waals surface area contributed by atoms with Crippen molar-refractivity contribution in [3.05, 3.63) is 59.5 Å². The summed E-state index contributed by atoms with van der Waals surface area (Å²) < 4.78 is 22.6. The lowest BCUT2D eigenvalue weighted by Gasteiger charge is -2.31. The van der Waals surface area contributed by atoms with Crippen LogP contribution in [0.4, 0.5) is 0 Å². The lowest BCUT2D eigenvalue weighted by atomic mass is 10.1. The molecule has 1 saturated heterocycles. The summed E-state index contributed by atoms with van der Waals surface area (Å²) in [6, 6.07) is 13.5. The van der Waals surface area contributed by atoms with Gasteiger partial charge >= 0.3 is 0 Å². The molecule has 4 rings (SSSR count). The summed E-state index contributed by atoms with van der Waals surface area (Å²) in [5.74, 6) is 1.92. The Kier molecular flexibility index (Phi) is 6.70. The molecular weight excluding hydrogens is 410 g/mol. The van der Waals surface area contributed by atoms with Crippen molar-refractivity contribution in [3.8, 4) is 22.9 Å². The summed E-state index contributed by atoms with van der Waals surface area (Å²) >= 11 is 0. The van der Waals surface area contributed by atoms with Crippen LogP contribution in [0.2, 0.25) is 0 Å². The first kappa shape index (κ1) is 21.8. The molecule has 1 fully saturated rings. The average Bonchev–Trinajstić information content (AvgIpc) is 3.29. The summed E-state index contributed by atoms with van der Waals surface area (Å²) in [5, 5.41) is 4.09. The standard InChI is InChI=1S/C24H27N3O5/c1-4-29-20-13-16(2)9-10-19(20)31-15-22(28)27-11-12-30-21(14-27)24-25-23(26-32-24)18-8-6-5-7-17(18)3/h5-10,13,21H,4,11-12,14-15H2,1-3H3. The second-order valence-electron chi connectivity index (χ2n) is 7.64. The molecule has 0 bridgehead atoms. The lowest BCUT2D eigenvalue weighted by molar-refractivity contribution is -0.142. The number of aryl methyl sites for hydroxylation is 2. The van der Waals surface area contributed by atoms with Gasteiger partial charge in [-0.2, -0.15) is 4.98 Å². The summed E-state index contributed by atoms with van der Waals surface area (Å²) in [5.41, 5.74) is 3.02. The quantitative estimate of drug-likeness (QED) is 0.557. The second-order valence-corrected chi connectivity index (χ2v) is 7.64. The number of morpholine rings is 1. The van der Waals surface area contributed by atoms with Gasteiger partial charge < -0.3 is 23.6 Å². The Balaban J connectivity index is 1.39. The van der Waals surface area contributed by atoms with E-state index in [4.69, 9.17) is 18.7 Å². The molecule has 8 nitrogen and oxygen atoms in total. The molecule has 0 N–H and O–H groups in total. The number of rotatable bonds is 7. The first-order valence-electron chi connectivity index (χ1n) is 10.7. The van der Waals surface area contributed by atoms with E-state index in [2.05, 4.69) is 10.1 Å². The van der Waals surface area contributed by atoms with Crippen molar-refractivity contribution in [2.45, 2.75) is 26.9 Å². The van der Waals surface area contributed by atoms with Crippen LogP contribution in [0.15, 0.2) is 47.0 Å². The van der Waals surface area contributed by atoms with Gasteiger partial charge in [0.05, 0.1) is 19.8 Å². The van der Waals surface area contributed by atoms with Crippen LogP contribution in [-0.4, -0.2) is 53.9 Å². The molecule has 2 heterocycles. The molecule has 0 spiro atoms. The monoisotopic (exact) mass is 437 g/mol. The molecular formula is C24H27N3O5. The normalized spacial score (nSPS) is 16.1. The van der Waals surface area contributed by atoms with Gasteiger partial charge in [0.15, 0.2) is 24.2 Å². The van der Waals surface area contributed by atoms with Crippen molar-refractivity contribution >= 4 is 5.91 Å². The fourth-order valence-corrected chi connectivity index (χ4v) is 3.56. The minimum Gasteiger partial charge on any atom is -0.490 e. The maximum Gasteiger partial charge on any atom is 0.260 e. The highest BCUT2D eigenvalue weighted by molar-refractivity contribution is 5.78. The van der Waals surface area contributed by atoms with E-state index >= 15 is 0 Å². The van der Waals surface area contributed by atoms with Gasteiger partial charge in [-0.1, -0.05) is 35.5 Å².